The van der Waals surface area contributed by atoms with E-state index in [0.29, 0.717) is 17.2 Å². The highest BCUT2D eigenvalue weighted by Gasteiger charge is 2.49. The van der Waals surface area contributed by atoms with Gasteiger partial charge in [-0.1, -0.05) is 38.1 Å². The van der Waals surface area contributed by atoms with E-state index in [1.54, 1.807) is 20.0 Å². The maximum Gasteiger partial charge on any atom is 0.325 e. The van der Waals surface area contributed by atoms with Gasteiger partial charge in [0.1, 0.15) is 23.6 Å². The molecule has 1 atom stereocenters. The van der Waals surface area contributed by atoms with E-state index >= 15 is 0 Å². The fourth-order valence-corrected chi connectivity index (χ4v) is 3.39. The SMILES string of the molecule is Cc1ccc(CN(C)C(=O)CN2C(=O)NC(C)(c3ccc(C(C)C)cc3)C2=O)o1. The highest BCUT2D eigenvalue weighted by Crippen LogP contribution is 2.30. The van der Waals surface area contributed by atoms with Crippen molar-refractivity contribution in [3.8, 4) is 0 Å². The number of nitrogens with one attached hydrogen (secondary N) is 1. The number of nitrogens with zero attached hydrogens (tertiary/aromatic N) is 2. The standard InChI is InChI=1S/C22H27N3O4/c1-14(2)16-7-9-17(10-8-16)22(4)20(27)25(21(28)23-22)13-19(26)24(5)12-18-11-6-15(3)29-18/h6-11,14H,12-13H2,1-5H3,(H,23,28). The number of likely N-dealkylation sites (N-methyl/N-ethyl adjacent to an activating group) is 1. The van der Waals surface area contributed by atoms with Crippen LogP contribution >= 0.6 is 0 Å². The third kappa shape index (κ3) is 4.04. The second-order valence-corrected chi connectivity index (χ2v) is 7.99. The highest BCUT2D eigenvalue weighted by atomic mass is 16.3. The Morgan fingerprint density at radius 2 is 1.83 bits per heavy atom. The molecule has 0 radical (unpaired) electrons. The van der Waals surface area contributed by atoms with Gasteiger partial charge in [0.05, 0.1) is 6.54 Å². The van der Waals surface area contributed by atoms with Crippen molar-refractivity contribution in [1.29, 1.82) is 0 Å². The van der Waals surface area contributed by atoms with Crippen molar-refractivity contribution >= 4 is 17.8 Å². The molecule has 0 spiro atoms. The summed E-state index contributed by atoms with van der Waals surface area (Å²) in [5, 5.41) is 2.74. The van der Waals surface area contributed by atoms with E-state index in [4.69, 9.17) is 4.42 Å². The monoisotopic (exact) mass is 397 g/mol. The topological polar surface area (TPSA) is 82.9 Å². The average molecular weight is 397 g/mol. The number of carbonyl (C=O) groups excluding carboxylic acids is 3. The molecule has 1 unspecified atom stereocenters. The van der Waals surface area contributed by atoms with Gasteiger partial charge in [-0.25, -0.2) is 4.79 Å². The number of aryl methyl sites for hydroxylation is 1. The van der Waals surface area contributed by atoms with E-state index in [-0.39, 0.29) is 19.0 Å². The summed E-state index contributed by atoms with van der Waals surface area (Å²) in [4.78, 5) is 40.5. The molecule has 1 fully saturated rings. The molecule has 29 heavy (non-hydrogen) atoms. The van der Waals surface area contributed by atoms with Gasteiger partial charge >= 0.3 is 6.03 Å². The minimum atomic E-state index is -1.19. The molecule has 1 N–H and O–H groups in total. The van der Waals surface area contributed by atoms with Crippen molar-refractivity contribution in [2.75, 3.05) is 13.6 Å². The molecule has 0 saturated carbocycles. The Morgan fingerprint density at radius 1 is 1.17 bits per heavy atom. The van der Waals surface area contributed by atoms with Crippen molar-refractivity contribution in [3.05, 3.63) is 59.0 Å². The third-order valence-corrected chi connectivity index (χ3v) is 5.34. The number of hydrogen-bond donors (Lipinski definition) is 1. The Bertz CT molecular complexity index is 932. The van der Waals surface area contributed by atoms with Crippen LogP contribution in [0.4, 0.5) is 4.79 Å². The fourth-order valence-electron chi connectivity index (χ4n) is 3.39. The number of rotatable bonds is 6. The molecule has 7 nitrogen and oxygen atoms in total. The van der Waals surface area contributed by atoms with Crippen molar-refractivity contribution in [3.63, 3.8) is 0 Å². The van der Waals surface area contributed by atoms with Crippen LogP contribution in [-0.4, -0.2) is 41.2 Å². The smallest absolute Gasteiger partial charge is 0.325 e. The lowest BCUT2D eigenvalue weighted by atomic mass is 9.90. The molecule has 0 bridgehead atoms. The van der Waals surface area contributed by atoms with Gasteiger partial charge in [0, 0.05) is 7.05 Å². The summed E-state index contributed by atoms with van der Waals surface area (Å²) in [5.41, 5.74) is 0.648. The Kier molecular flexibility index (Phi) is 5.50. The number of urea groups is 1. The van der Waals surface area contributed by atoms with E-state index in [1.165, 1.54) is 4.90 Å². The molecule has 7 heteroatoms. The average Bonchev–Trinajstić information content (AvgIpc) is 3.18. The highest BCUT2D eigenvalue weighted by molar-refractivity contribution is 6.09. The van der Waals surface area contributed by atoms with Crippen LogP contribution in [0.3, 0.4) is 0 Å². The number of amides is 4. The number of hydrogen-bond acceptors (Lipinski definition) is 4. The first-order valence-electron chi connectivity index (χ1n) is 9.65. The summed E-state index contributed by atoms with van der Waals surface area (Å²) in [6.45, 7) is 7.62. The normalized spacial score (nSPS) is 19.0. The Balaban J connectivity index is 1.71. The van der Waals surface area contributed by atoms with Gasteiger partial charge < -0.3 is 14.6 Å². The van der Waals surface area contributed by atoms with E-state index in [1.807, 2.05) is 37.3 Å². The molecule has 3 rings (SSSR count). The minimum absolute atomic E-state index is 0.268. The zero-order chi connectivity index (χ0) is 21.3. The molecule has 1 saturated heterocycles. The molecule has 1 aromatic heterocycles. The lowest BCUT2D eigenvalue weighted by Gasteiger charge is -2.23. The number of furan rings is 1. The van der Waals surface area contributed by atoms with Gasteiger partial charge in [0.15, 0.2) is 0 Å². The first-order valence-corrected chi connectivity index (χ1v) is 9.65. The minimum Gasteiger partial charge on any atom is -0.464 e. The maximum absolute atomic E-state index is 13.0. The van der Waals surface area contributed by atoms with E-state index < -0.39 is 17.5 Å². The lowest BCUT2D eigenvalue weighted by molar-refractivity contribution is -0.138. The van der Waals surface area contributed by atoms with Gasteiger partial charge in [-0.05, 0) is 43.0 Å². The summed E-state index contributed by atoms with van der Waals surface area (Å²) in [5.74, 6) is 0.991. The maximum atomic E-state index is 13.0. The van der Waals surface area contributed by atoms with Crippen molar-refractivity contribution in [2.24, 2.45) is 0 Å². The van der Waals surface area contributed by atoms with E-state index in [9.17, 15) is 14.4 Å². The van der Waals surface area contributed by atoms with Gasteiger partial charge in [-0.3, -0.25) is 14.5 Å². The molecule has 2 heterocycles. The quantitative estimate of drug-likeness (QED) is 0.759. The van der Waals surface area contributed by atoms with Crippen LogP contribution in [0.5, 0.6) is 0 Å². The van der Waals surface area contributed by atoms with Gasteiger partial charge in [0.2, 0.25) is 5.91 Å². The largest absolute Gasteiger partial charge is 0.464 e. The molecular weight excluding hydrogens is 370 g/mol. The van der Waals surface area contributed by atoms with E-state index in [2.05, 4.69) is 19.2 Å². The summed E-state index contributed by atoms with van der Waals surface area (Å²) in [7, 11) is 1.61. The summed E-state index contributed by atoms with van der Waals surface area (Å²) < 4.78 is 5.48. The summed E-state index contributed by atoms with van der Waals surface area (Å²) in [6, 6.07) is 10.7. The Hall–Kier alpha value is -3.09. The van der Waals surface area contributed by atoms with Crippen LogP contribution in [-0.2, 0) is 21.7 Å². The molecular formula is C22H27N3O4. The van der Waals surface area contributed by atoms with Crippen LogP contribution in [0.1, 0.15) is 49.3 Å². The fraction of sp³-hybridized carbons (Fsp3) is 0.409. The van der Waals surface area contributed by atoms with Crippen molar-refractivity contribution in [1.82, 2.24) is 15.1 Å². The Labute approximate surface area is 170 Å². The van der Waals surface area contributed by atoms with Crippen molar-refractivity contribution in [2.45, 2.75) is 45.7 Å². The molecule has 0 aliphatic carbocycles. The molecule has 1 aliphatic heterocycles. The summed E-state index contributed by atoms with van der Waals surface area (Å²) >= 11 is 0. The van der Waals surface area contributed by atoms with Crippen LogP contribution < -0.4 is 5.32 Å². The van der Waals surface area contributed by atoms with Crippen LogP contribution in [0.25, 0.3) is 0 Å². The second kappa shape index (κ2) is 7.73. The number of benzene rings is 1. The predicted molar refractivity (Wildman–Crippen MR) is 108 cm³/mol. The zero-order valence-corrected chi connectivity index (χ0v) is 17.5. The van der Waals surface area contributed by atoms with Gasteiger partial charge in [-0.2, -0.15) is 0 Å². The second-order valence-electron chi connectivity index (χ2n) is 7.99. The predicted octanol–water partition coefficient (Wildman–Crippen LogP) is 3.14. The number of carbonyl (C=O) groups is 3. The van der Waals surface area contributed by atoms with Crippen LogP contribution in [0, 0.1) is 6.92 Å². The molecule has 154 valence electrons. The Morgan fingerprint density at radius 3 is 2.38 bits per heavy atom. The third-order valence-electron chi connectivity index (χ3n) is 5.34. The number of imide groups is 1. The summed E-state index contributed by atoms with van der Waals surface area (Å²) in [6.07, 6.45) is 0. The zero-order valence-electron chi connectivity index (χ0n) is 17.5. The molecule has 2 aromatic rings. The van der Waals surface area contributed by atoms with Crippen molar-refractivity contribution < 1.29 is 18.8 Å². The first-order chi connectivity index (χ1) is 13.6. The van der Waals surface area contributed by atoms with Crippen LogP contribution in [0.15, 0.2) is 40.8 Å². The molecule has 4 amide bonds. The molecule has 1 aromatic carbocycles. The first kappa shape index (κ1) is 20.6. The van der Waals surface area contributed by atoms with E-state index in [0.717, 1.165) is 16.2 Å². The van der Waals surface area contributed by atoms with Gasteiger partial charge in [0.25, 0.3) is 5.91 Å². The van der Waals surface area contributed by atoms with Crippen LogP contribution in [0.2, 0.25) is 0 Å². The van der Waals surface area contributed by atoms with Gasteiger partial charge in [-0.15, -0.1) is 0 Å². The molecule has 1 aliphatic rings. The lowest BCUT2D eigenvalue weighted by Crippen LogP contribution is -2.43.